The number of carbonyl (C=O) groups excluding carboxylic acids is 2. The summed E-state index contributed by atoms with van der Waals surface area (Å²) in [7, 11) is 0. The van der Waals surface area contributed by atoms with E-state index in [2.05, 4.69) is 0 Å². The fourth-order valence-electron chi connectivity index (χ4n) is 6.90. The number of hydrogen-bond acceptors (Lipinski definition) is 13. The van der Waals surface area contributed by atoms with Gasteiger partial charge in [0.1, 0.15) is 24.9 Å². The minimum atomic E-state index is -2.03. The molecule has 14 nitrogen and oxygen atoms in total. The zero-order valence-corrected chi connectivity index (χ0v) is 26.7. The zero-order valence-electron chi connectivity index (χ0n) is 26.7. The number of ether oxygens (including phenoxy) is 4. The van der Waals surface area contributed by atoms with Crippen molar-refractivity contribution in [3.8, 4) is 23.0 Å². The highest BCUT2D eigenvalue weighted by Gasteiger charge is 2.64. The smallest absolute Gasteiger partial charge is 0.336 e. The summed E-state index contributed by atoms with van der Waals surface area (Å²) < 4.78 is 23.6. The van der Waals surface area contributed by atoms with Crippen molar-refractivity contribution in [2.45, 2.75) is 68.2 Å². The van der Waals surface area contributed by atoms with Crippen LogP contribution < -0.4 is 10.5 Å². The number of aliphatic carboxylic acids is 1. The van der Waals surface area contributed by atoms with Gasteiger partial charge in [0.25, 0.3) is 0 Å². The summed E-state index contributed by atoms with van der Waals surface area (Å²) in [5.41, 5.74) is 3.07. The van der Waals surface area contributed by atoms with Gasteiger partial charge in [0, 0.05) is 25.5 Å². The molecule has 2 aliphatic heterocycles. The molecule has 0 radical (unpaired) electrons. The lowest BCUT2D eigenvalue weighted by atomic mass is 9.65. The van der Waals surface area contributed by atoms with Crippen LogP contribution in [0.5, 0.6) is 23.0 Å². The van der Waals surface area contributed by atoms with Crippen LogP contribution in [0.2, 0.25) is 0 Å². The van der Waals surface area contributed by atoms with Crippen LogP contribution in [0.1, 0.15) is 48.8 Å². The molecular weight excluding hydrogens is 642 g/mol. The second-order valence-corrected chi connectivity index (χ2v) is 12.5. The van der Waals surface area contributed by atoms with Crippen molar-refractivity contribution in [3.63, 3.8) is 0 Å². The SMILES string of the molecule is NCCOc1ccc(C=CC(=O)CO[C@]2(C(=O)O)C[C@@H](O)[C@@H]3OCCC[C@]4(C(=O)C=Cc5cc(O)c(O)cc5CO)CC[C@H]2[C@@H]3O4)cc1O. The number of ketones is 2. The van der Waals surface area contributed by atoms with Crippen molar-refractivity contribution in [2.75, 3.05) is 26.4 Å². The Morgan fingerprint density at radius 3 is 2.49 bits per heavy atom. The number of aromatic hydroxyl groups is 3. The number of carboxylic acids is 1. The fraction of sp³-hybridized carbons (Fsp3) is 0.457. The number of phenolic OH excluding ortho intramolecular Hbond substituents is 3. The van der Waals surface area contributed by atoms with Gasteiger partial charge in [-0.05, 0) is 78.8 Å². The van der Waals surface area contributed by atoms with E-state index >= 15 is 0 Å². The monoisotopic (exact) mass is 683 g/mol. The Kier molecular flexibility index (Phi) is 11.1. The van der Waals surface area contributed by atoms with E-state index in [4.69, 9.17) is 24.7 Å². The lowest BCUT2D eigenvalue weighted by molar-refractivity contribution is -0.283. The van der Waals surface area contributed by atoms with Crippen molar-refractivity contribution >= 4 is 29.7 Å². The Labute approximate surface area is 282 Å². The third kappa shape index (κ3) is 7.49. The molecule has 5 rings (SSSR count). The van der Waals surface area contributed by atoms with Crippen molar-refractivity contribution < 1.29 is 64.0 Å². The molecule has 1 saturated carbocycles. The molecule has 14 heteroatoms. The summed E-state index contributed by atoms with van der Waals surface area (Å²) in [6.07, 6.45) is 2.47. The molecule has 0 amide bonds. The van der Waals surface area contributed by atoms with Gasteiger partial charge in [-0.25, -0.2) is 4.79 Å². The Balaban J connectivity index is 1.34. The van der Waals surface area contributed by atoms with Gasteiger partial charge in [0.2, 0.25) is 0 Å². The number of fused-ring (bicyclic) bond motifs is 1. The highest BCUT2D eigenvalue weighted by molar-refractivity contribution is 6.00. The van der Waals surface area contributed by atoms with E-state index in [0.29, 0.717) is 17.5 Å². The predicted molar refractivity (Wildman–Crippen MR) is 173 cm³/mol. The van der Waals surface area contributed by atoms with Crippen LogP contribution in [0, 0.1) is 5.92 Å². The molecule has 0 aromatic heterocycles. The summed E-state index contributed by atoms with van der Waals surface area (Å²) >= 11 is 0. The quantitative estimate of drug-likeness (QED) is 0.118. The van der Waals surface area contributed by atoms with E-state index < -0.39 is 77.7 Å². The van der Waals surface area contributed by atoms with Gasteiger partial charge in [-0.15, -0.1) is 0 Å². The molecule has 8 N–H and O–H groups in total. The molecule has 3 aliphatic rings. The molecule has 2 aromatic carbocycles. The van der Waals surface area contributed by atoms with Gasteiger partial charge in [-0.1, -0.05) is 18.2 Å². The first-order valence-corrected chi connectivity index (χ1v) is 16.0. The molecule has 0 spiro atoms. The number of hydrogen-bond donors (Lipinski definition) is 7. The van der Waals surface area contributed by atoms with Gasteiger partial charge >= 0.3 is 5.97 Å². The van der Waals surface area contributed by atoms with Gasteiger partial charge in [-0.3, -0.25) is 9.59 Å². The molecule has 264 valence electrons. The molecular formula is C35H41NO13. The average Bonchev–Trinajstić information content (AvgIpc) is 3.07. The summed E-state index contributed by atoms with van der Waals surface area (Å²) in [5, 5.41) is 61.3. The van der Waals surface area contributed by atoms with E-state index in [1.807, 2.05) is 0 Å². The maximum atomic E-state index is 13.8. The summed E-state index contributed by atoms with van der Waals surface area (Å²) in [6, 6.07) is 6.94. The molecule has 2 saturated heterocycles. The number of aliphatic hydroxyl groups excluding tert-OH is 2. The largest absolute Gasteiger partial charge is 0.504 e. The lowest BCUT2D eigenvalue weighted by Crippen LogP contribution is -2.69. The predicted octanol–water partition coefficient (Wildman–Crippen LogP) is 1.82. The first-order chi connectivity index (χ1) is 23.4. The zero-order chi connectivity index (χ0) is 35.3. The Morgan fingerprint density at radius 1 is 1.00 bits per heavy atom. The van der Waals surface area contributed by atoms with Crippen LogP contribution in [0.25, 0.3) is 12.2 Å². The van der Waals surface area contributed by atoms with E-state index in [1.165, 1.54) is 48.6 Å². The standard InChI is InChI=1S/C35H41NO13/c36-11-13-46-29-6-3-20(14-27(29)41)2-5-23(38)19-48-35(33(44)45)17-28(42)32-31-24(35)8-10-34(49-31,9-1-12-47-32)30(43)7-4-21-15-25(39)26(40)16-22(21)18-37/h2-7,14-16,24,28,31-32,37,39-42H,1,8-13,17-19,36H2,(H,44,45)/t24-,28+,31-,32-,34+,35+/m0/s1. The number of carboxylic acid groups (broad SMARTS) is 1. The van der Waals surface area contributed by atoms with Crippen LogP contribution in [0.3, 0.4) is 0 Å². The molecule has 1 aliphatic carbocycles. The van der Waals surface area contributed by atoms with Crippen LogP contribution in [0.15, 0.2) is 42.5 Å². The maximum Gasteiger partial charge on any atom is 0.336 e. The number of aliphatic hydroxyl groups is 2. The highest BCUT2D eigenvalue weighted by atomic mass is 16.6. The molecule has 6 atom stereocenters. The van der Waals surface area contributed by atoms with E-state index in [0.717, 1.165) is 0 Å². The lowest BCUT2D eigenvalue weighted by Gasteiger charge is -2.56. The second-order valence-electron chi connectivity index (χ2n) is 12.5. The molecule has 2 bridgehead atoms. The normalized spacial score (nSPS) is 28.2. The minimum absolute atomic E-state index is 0.120. The van der Waals surface area contributed by atoms with E-state index in [-0.39, 0.29) is 62.5 Å². The van der Waals surface area contributed by atoms with Crippen molar-refractivity contribution in [2.24, 2.45) is 11.7 Å². The first kappa shape index (κ1) is 36.0. The Bertz CT molecular complexity index is 1620. The maximum absolute atomic E-state index is 13.8. The van der Waals surface area contributed by atoms with E-state index in [1.54, 1.807) is 6.07 Å². The van der Waals surface area contributed by atoms with Crippen LogP contribution in [-0.4, -0.2) is 104 Å². The van der Waals surface area contributed by atoms with Crippen molar-refractivity contribution in [3.05, 3.63) is 59.2 Å². The van der Waals surface area contributed by atoms with Gasteiger partial charge in [0.05, 0.1) is 18.8 Å². The molecule has 0 unspecified atom stereocenters. The molecule has 49 heavy (non-hydrogen) atoms. The first-order valence-electron chi connectivity index (χ1n) is 16.0. The van der Waals surface area contributed by atoms with Gasteiger partial charge < -0.3 is 55.3 Å². The van der Waals surface area contributed by atoms with Crippen LogP contribution in [0.4, 0.5) is 0 Å². The molecule has 2 aromatic rings. The topological polar surface area (TPSA) is 236 Å². The number of carbonyl (C=O) groups is 3. The number of rotatable bonds is 13. The van der Waals surface area contributed by atoms with Gasteiger partial charge in [-0.2, -0.15) is 0 Å². The fourth-order valence-corrected chi connectivity index (χ4v) is 6.90. The van der Waals surface area contributed by atoms with Crippen LogP contribution >= 0.6 is 0 Å². The summed E-state index contributed by atoms with van der Waals surface area (Å²) in [4.78, 5) is 39.6. The van der Waals surface area contributed by atoms with Crippen molar-refractivity contribution in [1.29, 1.82) is 0 Å². The minimum Gasteiger partial charge on any atom is -0.504 e. The Hall–Kier alpha value is -4.31. The molecule has 2 heterocycles. The average molecular weight is 684 g/mol. The highest BCUT2D eigenvalue weighted by Crippen LogP contribution is 2.50. The summed E-state index contributed by atoms with van der Waals surface area (Å²) in [6.45, 7) is -0.419. The third-order valence-corrected chi connectivity index (χ3v) is 9.39. The van der Waals surface area contributed by atoms with Crippen molar-refractivity contribution in [1.82, 2.24) is 0 Å². The number of phenols is 3. The summed E-state index contributed by atoms with van der Waals surface area (Å²) in [5.74, 6) is -4.03. The number of nitrogens with two attached hydrogens (primary N) is 1. The second kappa shape index (κ2) is 15.1. The molecule has 3 fully saturated rings. The van der Waals surface area contributed by atoms with Crippen LogP contribution in [-0.2, 0) is 35.2 Å². The Morgan fingerprint density at radius 2 is 1.78 bits per heavy atom. The van der Waals surface area contributed by atoms with E-state index in [9.17, 15) is 45.0 Å². The van der Waals surface area contributed by atoms with Gasteiger partial charge in [0.15, 0.2) is 40.2 Å². The number of benzene rings is 2. The third-order valence-electron chi connectivity index (χ3n) is 9.39.